The van der Waals surface area contributed by atoms with Crippen LogP contribution in [0.1, 0.15) is 41.1 Å². The zero-order valence-electron chi connectivity index (χ0n) is 28.2. The number of nitrogens with zero attached hydrogens (tertiary/aromatic N) is 4. The van der Waals surface area contributed by atoms with Crippen LogP contribution in [0.3, 0.4) is 0 Å². The highest BCUT2D eigenvalue weighted by molar-refractivity contribution is 6.42. The summed E-state index contributed by atoms with van der Waals surface area (Å²) < 4.78 is 92.5. The van der Waals surface area contributed by atoms with Gasteiger partial charge in [0.15, 0.2) is 0 Å². The molecule has 5 rings (SSSR count). The number of para-hydroxylation sites is 2. The summed E-state index contributed by atoms with van der Waals surface area (Å²) in [6.45, 7) is 1.60. The maximum absolute atomic E-state index is 13.6. The number of methoxy groups -OCH3 is 1. The first-order valence-electron chi connectivity index (χ1n) is 16.4. The van der Waals surface area contributed by atoms with Crippen molar-refractivity contribution < 1.29 is 45.3 Å². The van der Waals surface area contributed by atoms with E-state index in [1.54, 1.807) is 34.9 Å². The molecule has 1 atom stereocenters. The van der Waals surface area contributed by atoms with Crippen molar-refractivity contribution in [1.29, 1.82) is 0 Å². The number of fused-ring (bicyclic) bond motifs is 1. The van der Waals surface area contributed by atoms with Crippen LogP contribution >= 0.6 is 23.2 Å². The monoisotopic (exact) mass is 775 g/mol. The lowest BCUT2D eigenvalue weighted by Gasteiger charge is -2.34. The SMILES string of the molecule is COc1ccc(OC(F)(F)F)c(C(=O)N(C)CC(CCN2CCC(Nc3nc4ccccc4n3CCOC(F)(F)F)CC2)c2ccc(Cl)c(Cl)c2)c1. The Morgan fingerprint density at radius 3 is 2.38 bits per heavy atom. The van der Waals surface area contributed by atoms with Crippen LogP contribution in [0.15, 0.2) is 60.7 Å². The van der Waals surface area contributed by atoms with Crippen LogP contribution in [0.25, 0.3) is 11.0 Å². The number of likely N-dealkylation sites (tertiary alicyclic amines) is 1. The van der Waals surface area contributed by atoms with Crippen LogP contribution in [0.4, 0.5) is 32.3 Å². The lowest BCUT2D eigenvalue weighted by molar-refractivity contribution is -0.325. The summed E-state index contributed by atoms with van der Waals surface area (Å²) in [7, 11) is 2.84. The third kappa shape index (κ3) is 10.6. The Hall–Kier alpha value is -3.92. The predicted octanol–water partition coefficient (Wildman–Crippen LogP) is 8.61. The molecule has 1 aliphatic heterocycles. The number of benzene rings is 3. The second-order valence-electron chi connectivity index (χ2n) is 12.4. The van der Waals surface area contributed by atoms with Gasteiger partial charge in [-0.15, -0.1) is 26.3 Å². The van der Waals surface area contributed by atoms with Gasteiger partial charge in [0.25, 0.3) is 5.91 Å². The van der Waals surface area contributed by atoms with E-state index in [-0.39, 0.29) is 36.4 Å². The first-order valence-corrected chi connectivity index (χ1v) is 17.1. The largest absolute Gasteiger partial charge is 0.573 e. The Kier molecular flexibility index (Phi) is 12.7. The van der Waals surface area contributed by atoms with Crippen molar-refractivity contribution in [3.8, 4) is 11.5 Å². The molecule has 0 bridgehead atoms. The number of likely N-dealkylation sites (N-methyl/N-ethyl adjacent to an activating group) is 1. The summed E-state index contributed by atoms with van der Waals surface area (Å²) in [5.41, 5.74) is 1.85. The number of alkyl halides is 6. The Labute approximate surface area is 306 Å². The maximum atomic E-state index is 13.6. The number of imidazole rings is 1. The van der Waals surface area contributed by atoms with Crippen molar-refractivity contribution in [1.82, 2.24) is 19.4 Å². The van der Waals surface area contributed by atoms with E-state index in [9.17, 15) is 31.1 Å². The lowest BCUT2D eigenvalue weighted by atomic mass is 9.94. The van der Waals surface area contributed by atoms with E-state index < -0.39 is 31.0 Å². The van der Waals surface area contributed by atoms with Crippen LogP contribution in [0, 0.1) is 0 Å². The van der Waals surface area contributed by atoms with Gasteiger partial charge in [-0.25, -0.2) is 4.98 Å². The summed E-state index contributed by atoms with van der Waals surface area (Å²) in [5, 5.41) is 4.10. The molecule has 1 aromatic heterocycles. The predicted molar refractivity (Wildman–Crippen MR) is 185 cm³/mol. The average Bonchev–Trinajstić information content (AvgIpc) is 3.43. The van der Waals surface area contributed by atoms with Gasteiger partial charge in [0.2, 0.25) is 5.95 Å². The molecule has 52 heavy (non-hydrogen) atoms. The summed E-state index contributed by atoms with van der Waals surface area (Å²) in [6, 6.07) is 15.9. The number of amides is 1. The van der Waals surface area contributed by atoms with E-state index in [1.165, 1.54) is 31.2 Å². The summed E-state index contributed by atoms with van der Waals surface area (Å²) in [4.78, 5) is 21.8. The summed E-state index contributed by atoms with van der Waals surface area (Å²) in [5.74, 6) is -0.935. The molecule has 0 spiro atoms. The number of piperidine rings is 1. The number of halogens is 8. The van der Waals surface area contributed by atoms with Gasteiger partial charge in [-0.3, -0.25) is 9.53 Å². The number of anilines is 1. The molecular formula is C35H37Cl2F6N5O4. The molecule has 2 heterocycles. The van der Waals surface area contributed by atoms with Crippen molar-refractivity contribution in [2.45, 2.75) is 50.5 Å². The minimum Gasteiger partial charge on any atom is -0.497 e. The highest BCUT2D eigenvalue weighted by atomic mass is 35.5. The molecule has 17 heteroatoms. The molecule has 0 saturated carbocycles. The molecule has 282 valence electrons. The smallest absolute Gasteiger partial charge is 0.497 e. The van der Waals surface area contributed by atoms with Crippen LogP contribution in [-0.4, -0.2) is 91.0 Å². The lowest BCUT2D eigenvalue weighted by Crippen LogP contribution is -2.41. The first-order chi connectivity index (χ1) is 24.6. The van der Waals surface area contributed by atoms with Crippen LogP contribution < -0.4 is 14.8 Å². The van der Waals surface area contributed by atoms with E-state index >= 15 is 0 Å². The minimum atomic E-state index is -5.01. The molecule has 1 amide bonds. The van der Waals surface area contributed by atoms with Gasteiger partial charge in [-0.2, -0.15) is 0 Å². The second-order valence-corrected chi connectivity index (χ2v) is 13.2. The van der Waals surface area contributed by atoms with Gasteiger partial charge in [0, 0.05) is 45.2 Å². The van der Waals surface area contributed by atoms with E-state index in [0.29, 0.717) is 53.1 Å². The fourth-order valence-electron chi connectivity index (χ4n) is 6.25. The molecule has 0 radical (unpaired) electrons. The van der Waals surface area contributed by atoms with E-state index in [2.05, 4.69) is 24.7 Å². The second kappa shape index (κ2) is 16.8. The molecular weight excluding hydrogens is 739 g/mol. The van der Waals surface area contributed by atoms with Gasteiger partial charge in [-0.05, 0) is 73.8 Å². The quantitative estimate of drug-likeness (QED) is 0.129. The highest BCUT2D eigenvalue weighted by Gasteiger charge is 2.34. The normalized spacial score (nSPS) is 15.1. The van der Waals surface area contributed by atoms with E-state index in [4.69, 9.17) is 27.9 Å². The Morgan fingerprint density at radius 1 is 0.981 bits per heavy atom. The van der Waals surface area contributed by atoms with Gasteiger partial charge < -0.3 is 29.2 Å². The number of aromatic nitrogens is 2. The third-order valence-corrected chi connectivity index (χ3v) is 9.59. The van der Waals surface area contributed by atoms with E-state index in [0.717, 1.165) is 24.5 Å². The number of rotatable bonds is 14. The van der Waals surface area contributed by atoms with E-state index in [1.807, 2.05) is 12.1 Å². The van der Waals surface area contributed by atoms with Crippen molar-refractivity contribution >= 4 is 46.1 Å². The summed E-state index contributed by atoms with van der Waals surface area (Å²) >= 11 is 12.5. The van der Waals surface area contributed by atoms with Crippen molar-refractivity contribution in [2.75, 3.05) is 52.3 Å². The first kappa shape index (κ1) is 39.3. The topological polar surface area (TPSA) is 81.1 Å². The fourth-order valence-corrected chi connectivity index (χ4v) is 6.56. The average molecular weight is 777 g/mol. The third-order valence-electron chi connectivity index (χ3n) is 8.85. The Bertz CT molecular complexity index is 1830. The van der Waals surface area contributed by atoms with Gasteiger partial charge in [-0.1, -0.05) is 41.4 Å². The molecule has 0 aliphatic carbocycles. The molecule has 1 aliphatic rings. The standard InChI is InChI=1S/C35H37Cl2F6N5O4/c1-46(32(49)26-20-25(50-2)8-10-31(26)52-35(41,42)43)21-23(22-7-9-27(36)28(37)19-22)11-14-47-15-12-24(13-16-47)44-33-45-29-5-3-4-6-30(29)48(33)17-18-51-34(38,39)40/h3-10,19-20,23-24H,11-18,21H2,1-2H3,(H,44,45). The number of nitrogens with one attached hydrogen (secondary N) is 1. The fraction of sp³-hybridized carbons (Fsp3) is 0.429. The minimum absolute atomic E-state index is 0.0148. The van der Waals surface area contributed by atoms with Crippen LogP contribution in [0.5, 0.6) is 11.5 Å². The Balaban J connectivity index is 1.24. The molecule has 9 nitrogen and oxygen atoms in total. The molecule has 1 N–H and O–H groups in total. The zero-order valence-corrected chi connectivity index (χ0v) is 29.7. The van der Waals surface area contributed by atoms with Gasteiger partial charge in [0.05, 0.1) is 40.4 Å². The number of ether oxygens (including phenoxy) is 3. The number of hydrogen-bond acceptors (Lipinski definition) is 7. The maximum Gasteiger partial charge on any atom is 0.573 e. The number of hydrogen-bond donors (Lipinski definition) is 1. The van der Waals surface area contributed by atoms with Crippen molar-refractivity contribution in [3.05, 3.63) is 81.8 Å². The molecule has 1 unspecified atom stereocenters. The number of carbonyl (C=O) groups excluding carboxylic acids is 1. The molecule has 1 saturated heterocycles. The van der Waals surface area contributed by atoms with Gasteiger partial charge in [0.1, 0.15) is 11.5 Å². The summed E-state index contributed by atoms with van der Waals surface area (Å²) in [6.07, 6.45) is -7.70. The highest BCUT2D eigenvalue weighted by Crippen LogP contribution is 2.33. The van der Waals surface area contributed by atoms with Crippen LogP contribution in [-0.2, 0) is 11.3 Å². The zero-order chi connectivity index (χ0) is 37.6. The molecule has 4 aromatic rings. The Morgan fingerprint density at radius 2 is 1.71 bits per heavy atom. The molecule has 1 fully saturated rings. The van der Waals surface area contributed by atoms with Crippen molar-refractivity contribution in [3.63, 3.8) is 0 Å². The van der Waals surface area contributed by atoms with Gasteiger partial charge >= 0.3 is 12.7 Å². The van der Waals surface area contributed by atoms with Crippen molar-refractivity contribution in [2.24, 2.45) is 0 Å². The number of carbonyl (C=O) groups is 1. The van der Waals surface area contributed by atoms with Crippen LogP contribution in [0.2, 0.25) is 10.0 Å². The molecule has 3 aromatic carbocycles.